The minimum absolute atomic E-state index is 0.129. The summed E-state index contributed by atoms with van der Waals surface area (Å²) in [5.74, 6) is -4.70. The SMILES string of the molecule is CCCS(=O)(=O)Nc1ccc(F)c(C(=O)c2ncnc3ccc(-c4cccnc4F)cc23)c1F. The quantitative estimate of drug-likeness (QED) is 0.305. The van der Waals surface area contributed by atoms with Gasteiger partial charge in [0.15, 0.2) is 5.82 Å². The van der Waals surface area contributed by atoms with Gasteiger partial charge in [-0.25, -0.2) is 32.2 Å². The summed E-state index contributed by atoms with van der Waals surface area (Å²) in [5.41, 5.74) is -1.08. The summed E-state index contributed by atoms with van der Waals surface area (Å²) >= 11 is 0. The van der Waals surface area contributed by atoms with Crippen LogP contribution in [0.3, 0.4) is 0 Å². The third-order valence-electron chi connectivity index (χ3n) is 4.98. The molecule has 2 aromatic heterocycles. The van der Waals surface area contributed by atoms with Crippen molar-refractivity contribution < 1.29 is 26.4 Å². The molecule has 0 saturated heterocycles. The summed E-state index contributed by atoms with van der Waals surface area (Å²) in [7, 11) is -3.89. The molecule has 0 amide bonds. The van der Waals surface area contributed by atoms with Crippen molar-refractivity contribution in [1.82, 2.24) is 15.0 Å². The van der Waals surface area contributed by atoms with E-state index in [0.29, 0.717) is 5.56 Å². The number of ketones is 1. The molecular weight excluding hydrogens is 469 g/mol. The highest BCUT2D eigenvalue weighted by molar-refractivity contribution is 7.92. The van der Waals surface area contributed by atoms with E-state index >= 15 is 4.39 Å². The Morgan fingerprint density at radius 2 is 1.82 bits per heavy atom. The number of pyridine rings is 1. The maximum absolute atomic E-state index is 15.1. The van der Waals surface area contributed by atoms with Gasteiger partial charge in [0.05, 0.1) is 22.5 Å². The maximum atomic E-state index is 15.1. The molecule has 1 N–H and O–H groups in total. The Labute approximate surface area is 192 Å². The standard InChI is InChI=1S/C23H17F3N4O3S/c1-2-10-34(32,33)30-18-8-6-16(24)19(20(18)25)22(31)21-15-11-13(5-7-17(15)28-12-29-21)14-4-3-9-27-23(14)26/h3-9,11-12,30H,2,10H2,1H3. The summed E-state index contributed by atoms with van der Waals surface area (Å²) in [6.07, 6.45) is 2.62. The van der Waals surface area contributed by atoms with Crippen molar-refractivity contribution >= 4 is 32.4 Å². The highest BCUT2D eigenvalue weighted by Crippen LogP contribution is 2.29. The summed E-state index contributed by atoms with van der Waals surface area (Å²) in [4.78, 5) is 24.8. The molecule has 0 aliphatic carbocycles. The van der Waals surface area contributed by atoms with E-state index in [1.54, 1.807) is 13.0 Å². The molecule has 0 spiro atoms. The predicted octanol–water partition coefficient (Wildman–Crippen LogP) is 4.49. The van der Waals surface area contributed by atoms with Gasteiger partial charge in [-0.1, -0.05) is 13.0 Å². The van der Waals surface area contributed by atoms with Crippen LogP contribution in [0.15, 0.2) is 55.0 Å². The Balaban J connectivity index is 1.84. The minimum atomic E-state index is -3.89. The third-order valence-corrected chi connectivity index (χ3v) is 6.45. The Morgan fingerprint density at radius 3 is 2.56 bits per heavy atom. The Kier molecular flexibility index (Phi) is 6.29. The highest BCUT2D eigenvalue weighted by Gasteiger charge is 2.26. The molecule has 2 aromatic carbocycles. The lowest BCUT2D eigenvalue weighted by molar-refractivity contribution is 0.102. The predicted molar refractivity (Wildman–Crippen MR) is 120 cm³/mol. The lowest BCUT2D eigenvalue weighted by Crippen LogP contribution is -2.19. The number of nitrogens with one attached hydrogen (secondary N) is 1. The molecule has 0 saturated carbocycles. The number of carbonyl (C=O) groups excluding carboxylic acids is 1. The lowest BCUT2D eigenvalue weighted by Gasteiger charge is -2.12. The van der Waals surface area contributed by atoms with Crippen LogP contribution >= 0.6 is 0 Å². The Morgan fingerprint density at radius 1 is 1.03 bits per heavy atom. The number of aromatic nitrogens is 3. The van der Waals surface area contributed by atoms with Gasteiger partial charge in [0.1, 0.15) is 17.8 Å². The second-order valence-corrected chi connectivity index (χ2v) is 9.17. The molecule has 11 heteroatoms. The van der Waals surface area contributed by atoms with Crippen molar-refractivity contribution in [2.24, 2.45) is 0 Å². The van der Waals surface area contributed by atoms with Gasteiger partial charge in [0, 0.05) is 17.1 Å². The van der Waals surface area contributed by atoms with E-state index < -0.39 is 44.6 Å². The minimum Gasteiger partial charge on any atom is -0.287 e. The average molecular weight is 486 g/mol. The summed E-state index contributed by atoms with van der Waals surface area (Å²) in [6.45, 7) is 1.63. The molecule has 0 aliphatic rings. The molecule has 7 nitrogen and oxygen atoms in total. The van der Waals surface area contributed by atoms with Crippen LogP contribution < -0.4 is 4.72 Å². The molecule has 0 atom stereocenters. The first-order valence-corrected chi connectivity index (χ1v) is 11.8. The van der Waals surface area contributed by atoms with Gasteiger partial charge < -0.3 is 0 Å². The number of hydrogen-bond donors (Lipinski definition) is 1. The number of sulfonamides is 1. The number of hydrogen-bond acceptors (Lipinski definition) is 6. The Hall–Kier alpha value is -3.86. The van der Waals surface area contributed by atoms with Gasteiger partial charge >= 0.3 is 0 Å². The molecule has 34 heavy (non-hydrogen) atoms. The fourth-order valence-corrected chi connectivity index (χ4v) is 4.58. The molecule has 2 heterocycles. The van der Waals surface area contributed by atoms with Crippen LogP contribution in [0.4, 0.5) is 18.9 Å². The molecule has 0 fully saturated rings. The average Bonchev–Trinajstić information content (AvgIpc) is 2.80. The maximum Gasteiger partial charge on any atom is 0.232 e. The van der Waals surface area contributed by atoms with Gasteiger partial charge in [0.2, 0.25) is 21.8 Å². The fraction of sp³-hybridized carbons (Fsp3) is 0.130. The second kappa shape index (κ2) is 9.18. The lowest BCUT2D eigenvalue weighted by atomic mass is 9.99. The number of nitrogens with zero attached hydrogens (tertiary/aromatic N) is 3. The van der Waals surface area contributed by atoms with Crippen molar-refractivity contribution in [3.05, 3.63) is 83.8 Å². The van der Waals surface area contributed by atoms with Crippen molar-refractivity contribution in [2.45, 2.75) is 13.3 Å². The van der Waals surface area contributed by atoms with Crippen LogP contribution in [0.2, 0.25) is 0 Å². The fourth-order valence-electron chi connectivity index (χ4n) is 3.45. The molecule has 0 aliphatic heterocycles. The largest absolute Gasteiger partial charge is 0.287 e. The number of fused-ring (bicyclic) bond motifs is 1. The van der Waals surface area contributed by atoms with Gasteiger partial charge in [-0.3, -0.25) is 9.52 Å². The van der Waals surface area contributed by atoms with E-state index in [2.05, 4.69) is 15.0 Å². The van der Waals surface area contributed by atoms with E-state index in [0.717, 1.165) is 18.5 Å². The van der Waals surface area contributed by atoms with Gasteiger partial charge in [-0.15, -0.1) is 0 Å². The van der Waals surface area contributed by atoms with E-state index in [9.17, 15) is 22.0 Å². The normalized spacial score (nSPS) is 11.5. The van der Waals surface area contributed by atoms with Crippen LogP contribution in [0.1, 0.15) is 29.4 Å². The first-order chi connectivity index (χ1) is 16.2. The van der Waals surface area contributed by atoms with Gasteiger partial charge in [-0.05, 0) is 48.4 Å². The molecule has 4 aromatic rings. The molecule has 0 radical (unpaired) electrons. The van der Waals surface area contributed by atoms with E-state index in [1.165, 1.54) is 30.5 Å². The van der Waals surface area contributed by atoms with Crippen LogP contribution in [0.5, 0.6) is 0 Å². The summed E-state index contributed by atoms with van der Waals surface area (Å²) in [5, 5.41) is 0.129. The van der Waals surface area contributed by atoms with Crippen molar-refractivity contribution in [1.29, 1.82) is 0 Å². The van der Waals surface area contributed by atoms with Crippen LogP contribution in [0.25, 0.3) is 22.0 Å². The summed E-state index contributed by atoms with van der Waals surface area (Å²) in [6, 6.07) is 9.21. The van der Waals surface area contributed by atoms with Crippen molar-refractivity contribution in [3.63, 3.8) is 0 Å². The summed E-state index contributed by atoms with van der Waals surface area (Å²) < 4.78 is 70.1. The van der Waals surface area contributed by atoms with Crippen LogP contribution in [-0.2, 0) is 10.0 Å². The molecule has 0 unspecified atom stereocenters. The first kappa shape index (κ1) is 23.3. The topological polar surface area (TPSA) is 102 Å². The number of benzene rings is 2. The van der Waals surface area contributed by atoms with Crippen molar-refractivity contribution in [3.8, 4) is 11.1 Å². The van der Waals surface area contributed by atoms with E-state index in [-0.39, 0.29) is 34.3 Å². The van der Waals surface area contributed by atoms with E-state index in [4.69, 9.17) is 0 Å². The zero-order valence-corrected chi connectivity index (χ0v) is 18.5. The molecular formula is C23H17F3N4O3S. The third kappa shape index (κ3) is 4.46. The molecule has 0 bridgehead atoms. The van der Waals surface area contributed by atoms with Gasteiger partial charge in [0.25, 0.3) is 0 Å². The monoisotopic (exact) mass is 486 g/mol. The van der Waals surface area contributed by atoms with Crippen molar-refractivity contribution in [2.75, 3.05) is 10.5 Å². The highest BCUT2D eigenvalue weighted by atomic mass is 32.2. The zero-order valence-electron chi connectivity index (χ0n) is 17.7. The number of anilines is 1. The first-order valence-electron chi connectivity index (χ1n) is 10.1. The smallest absolute Gasteiger partial charge is 0.232 e. The van der Waals surface area contributed by atoms with Crippen LogP contribution in [0, 0.1) is 17.6 Å². The number of halogens is 3. The van der Waals surface area contributed by atoms with Crippen LogP contribution in [-0.4, -0.2) is 34.9 Å². The van der Waals surface area contributed by atoms with E-state index in [1.807, 2.05) is 4.72 Å². The molecule has 4 rings (SSSR count). The molecule has 174 valence electrons. The Bertz CT molecular complexity index is 1530. The zero-order chi connectivity index (χ0) is 24.5. The second-order valence-electron chi connectivity index (χ2n) is 7.33. The van der Waals surface area contributed by atoms with Gasteiger partial charge in [-0.2, -0.15) is 4.39 Å². The number of rotatable bonds is 7. The number of carbonyl (C=O) groups is 1.